The summed E-state index contributed by atoms with van der Waals surface area (Å²) in [5.41, 5.74) is 0.914. The highest BCUT2D eigenvalue weighted by molar-refractivity contribution is 14.0. The number of methoxy groups -OCH3 is 1. The standard InChI is InChI=1S/C17H30N4O2.HI/c1-11(2)13-8-12(23-21-13)10-19-15(18-6)20-14-9-17(5,22-7)16(14,3)4;/h8,11,14H,9-10H2,1-7H3,(H2,18,19,20);1H. The van der Waals surface area contributed by atoms with E-state index in [2.05, 4.69) is 55.4 Å². The van der Waals surface area contributed by atoms with E-state index < -0.39 is 0 Å². The van der Waals surface area contributed by atoms with Gasteiger partial charge in [0, 0.05) is 31.7 Å². The van der Waals surface area contributed by atoms with E-state index in [0.717, 1.165) is 23.8 Å². The Hall–Kier alpha value is -0.830. The highest BCUT2D eigenvalue weighted by Gasteiger charge is 2.58. The molecule has 1 aliphatic carbocycles. The summed E-state index contributed by atoms with van der Waals surface area (Å²) in [6.07, 6.45) is 0.955. The van der Waals surface area contributed by atoms with Crippen LogP contribution in [0.3, 0.4) is 0 Å². The minimum Gasteiger partial charge on any atom is -0.378 e. The fraction of sp³-hybridized carbons (Fsp3) is 0.765. The second kappa shape index (κ2) is 8.03. The van der Waals surface area contributed by atoms with Crippen LogP contribution in [0, 0.1) is 5.41 Å². The zero-order valence-electron chi connectivity index (χ0n) is 15.8. The zero-order valence-corrected chi connectivity index (χ0v) is 18.1. The maximum absolute atomic E-state index is 5.67. The molecule has 0 aliphatic heterocycles. The predicted molar refractivity (Wildman–Crippen MR) is 107 cm³/mol. The lowest BCUT2D eigenvalue weighted by Crippen LogP contribution is -2.69. The first-order valence-electron chi connectivity index (χ1n) is 8.21. The van der Waals surface area contributed by atoms with Crippen molar-refractivity contribution in [2.75, 3.05) is 14.2 Å². The number of nitrogens with one attached hydrogen (secondary N) is 2. The van der Waals surface area contributed by atoms with Gasteiger partial charge in [0.1, 0.15) is 0 Å². The van der Waals surface area contributed by atoms with Crippen molar-refractivity contribution in [1.29, 1.82) is 0 Å². The van der Waals surface area contributed by atoms with Crippen LogP contribution in [0.1, 0.15) is 58.4 Å². The Morgan fingerprint density at radius 1 is 1.46 bits per heavy atom. The van der Waals surface area contributed by atoms with Gasteiger partial charge in [-0.05, 0) is 19.3 Å². The van der Waals surface area contributed by atoms with Gasteiger partial charge in [-0.25, -0.2) is 0 Å². The van der Waals surface area contributed by atoms with Crippen LogP contribution in [0.15, 0.2) is 15.6 Å². The summed E-state index contributed by atoms with van der Waals surface area (Å²) >= 11 is 0. The molecule has 0 bridgehead atoms. The quantitative estimate of drug-likeness (QED) is 0.409. The summed E-state index contributed by atoms with van der Waals surface area (Å²) in [5, 5.41) is 10.8. The maximum Gasteiger partial charge on any atom is 0.191 e. The van der Waals surface area contributed by atoms with E-state index in [9.17, 15) is 0 Å². The second-order valence-electron chi connectivity index (χ2n) is 7.36. The first-order valence-corrected chi connectivity index (χ1v) is 8.21. The summed E-state index contributed by atoms with van der Waals surface area (Å²) in [4.78, 5) is 4.30. The van der Waals surface area contributed by atoms with Gasteiger partial charge in [-0.15, -0.1) is 24.0 Å². The molecule has 24 heavy (non-hydrogen) atoms. The fourth-order valence-corrected chi connectivity index (χ4v) is 2.94. The van der Waals surface area contributed by atoms with Gasteiger partial charge in [-0.1, -0.05) is 32.9 Å². The molecule has 2 N–H and O–H groups in total. The summed E-state index contributed by atoms with van der Waals surface area (Å²) in [6, 6.07) is 2.31. The van der Waals surface area contributed by atoms with Gasteiger partial charge in [0.05, 0.1) is 17.8 Å². The van der Waals surface area contributed by atoms with E-state index in [-0.39, 0.29) is 35.0 Å². The number of aromatic nitrogens is 1. The molecule has 2 unspecified atom stereocenters. The number of ether oxygens (including phenoxy) is 1. The molecule has 2 atom stereocenters. The van der Waals surface area contributed by atoms with Crippen LogP contribution in [-0.2, 0) is 11.3 Å². The summed E-state index contributed by atoms with van der Waals surface area (Å²) in [5.74, 6) is 1.95. The molecule has 0 saturated heterocycles. The van der Waals surface area contributed by atoms with Gasteiger partial charge in [0.15, 0.2) is 11.7 Å². The fourth-order valence-electron chi connectivity index (χ4n) is 2.94. The molecule has 7 heteroatoms. The molecule has 138 valence electrons. The van der Waals surface area contributed by atoms with Crippen LogP contribution >= 0.6 is 24.0 Å². The first-order chi connectivity index (χ1) is 10.7. The number of aliphatic imine (C=N–C) groups is 1. The van der Waals surface area contributed by atoms with Crippen molar-refractivity contribution >= 4 is 29.9 Å². The monoisotopic (exact) mass is 450 g/mol. The molecule has 6 nitrogen and oxygen atoms in total. The average Bonchev–Trinajstić information content (AvgIpc) is 2.99. The number of hydrogen-bond donors (Lipinski definition) is 2. The molecule has 2 rings (SSSR count). The number of halogens is 1. The minimum absolute atomic E-state index is 0. The van der Waals surface area contributed by atoms with E-state index in [0.29, 0.717) is 18.5 Å². The summed E-state index contributed by atoms with van der Waals surface area (Å²) < 4.78 is 11.0. The highest BCUT2D eigenvalue weighted by atomic mass is 127. The van der Waals surface area contributed by atoms with Crippen LogP contribution in [0.5, 0.6) is 0 Å². The topological polar surface area (TPSA) is 71.7 Å². The van der Waals surface area contributed by atoms with E-state index in [1.165, 1.54) is 0 Å². The molecule has 0 aromatic carbocycles. The van der Waals surface area contributed by atoms with E-state index in [1.54, 1.807) is 14.2 Å². The van der Waals surface area contributed by atoms with Crippen molar-refractivity contribution in [3.05, 3.63) is 17.5 Å². The van der Waals surface area contributed by atoms with E-state index in [4.69, 9.17) is 9.26 Å². The largest absolute Gasteiger partial charge is 0.378 e. The second-order valence-corrected chi connectivity index (χ2v) is 7.36. The molecular formula is C17H31IN4O2. The Balaban J connectivity index is 0.00000288. The molecular weight excluding hydrogens is 419 g/mol. The summed E-state index contributed by atoms with van der Waals surface area (Å²) in [7, 11) is 3.55. The van der Waals surface area contributed by atoms with Crippen molar-refractivity contribution < 1.29 is 9.26 Å². The third-order valence-electron chi connectivity index (χ3n) is 5.41. The predicted octanol–water partition coefficient (Wildman–Crippen LogP) is 3.28. The van der Waals surface area contributed by atoms with E-state index >= 15 is 0 Å². The molecule has 1 aliphatic rings. The van der Waals surface area contributed by atoms with Gasteiger partial charge in [0.2, 0.25) is 0 Å². The van der Waals surface area contributed by atoms with Crippen LogP contribution in [0.4, 0.5) is 0 Å². The Morgan fingerprint density at radius 2 is 2.12 bits per heavy atom. The number of guanidine groups is 1. The van der Waals surface area contributed by atoms with Gasteiger partial charge in [-0.2, -0.15) is 0 Å². The molecule has 1 aromatic heterocycles. The smallest absolute Gasteiger partial charge is 0.191 e. The number of hydrogen-bond acceptors (Lipinski definition) is 4. The molecule has 0 radical (unpaired) electrons. The van der Waals surface area contributed by atoms with Crippen molar-refractivity contribution in [3.8, 4) is 0 Å². The molecule has 1 aromatic rings. The highest BCUT2D eigenvalue weighted by Crippen LogP contribution is 2.51. The van der Waals surface area contributed by atoms with Crippen molar-refractivity contribution in [2.45, 2.75) is 65.1 Å². The van der Waals surface area contributed by atoms with Crippen LogP contribution in [-0.4, -0.2) is 36.9 Å². The number of rotatable bonds is 5. The van der Waals surface area contributed by atoms with Crippen molar-refractivity contribution in [2.24, 2.45) is 10.4 Å². The Bertz CT molecular complexity index is 571. The lowest BCUT2D eigenvalue weighted by atomic mass is 9.56. The SMILES string of the molecule is CN=C(NCc1cc(C(C)C)no1)NC1CC(C)(OC)C1(C)C.I. The third kappa shape index (κ3) is 4.04. The molecule has 1 saturated carbocycles. The molecule has 1 heterocycles. The zero-order chi connectivity index (χ0) is 17.3. The number of nitrogens with zero attached hydrogens (tertiary/aromatic N) is 2. The molecule has 0 amide bonds. The summed E-state index contributed by atoms with van der Waals surface area (Å²) in [6.45, 7) is 11.4. The van der Waals surface area contributed by atoms with Crippen molar-refractivity contribution in [1.82, 2.24) is 15.8 Å². The lowest BCUT2D eigenvalue weighted by Gasteiger charge is -2.59. The van der Waals surface area contributed by atoms with Gasteiger partial charge in [0.25, 0.3) is 0 Å². The van der Waals surface area contributed by atoms with Gasteiger partial charge < -0.3 is 19.9 Å². The lowest BCUT2D eigenvalue weighted by molar-refractivity contribution is -0.176. The van der Waals surface area contributed by atoms with E-state index in [1.807, 2.05) is 6.07 Å². The average molecular weight is 450 g/mol. The van der Waals surface area contributed by atoms with Crippen molar-refractivity contribution in [3.63, 3.8) is 0 Å². The normalized spacial score (nSPS) is 25.8. The van der Waals surface area contributed by atoms with Crippen LogP contribution in [0.2, 0.25) is 0 Å². The molecule has 1 fully saturated rings. The maximum atomic E-state index is 5.67. The van der Waals surface area contributed by atoms with Gasteiger partial charge in [-0.3, -0.25) is 4.99 Å². The molecule has 0 spiro atoms. The third-order valence-corrected chi connectivity index (χ3v) is 5.41. The Morgan fingerprint density at radius 3 is 2.58 bits per heavy atom. The Kier molecular flexibility index (Phi) is 7.10. The van der Waals surface area contributed by atoms with Crippen LogP contribution < -0.4 is 10.6 Å². The first kappa shape index (κ1) is 21.2. The van der Waals surface area contributed by atoms with Crippen LogP contribution in [0.25, 0.3) is 0 Å². The Labute approximate surface area is 162 Å². The minimum atomic E-state index is -0.0966. The van der Waals surface area contributed by atoms with Gasteiger partial charge >= 0.3 is 0 Å².